The molecule has 186 valence electrons. The van der Waals surface area contributed by atoms with Crippen LogP contribution >= 0.6 is 15.9 Å². The summed E-state index contributed by atoms with van der Waals surface area (Å²) in [5.74, 6) is 1.02. The maximum Gasteiger partial charge on any atom is 0.290 e. The van der Waals surface area contributed by atoms with Crippen LogP contribution in [0.5, 0.6) is 11.5 Å². The van der Waals surface area contributed by atoms with E-state index in [-0.39, 0.29) is 17.1 Å². The number of methoxy groups -OCH3 is 1. The topological polar surface area (TPSA) is 72.2 Å². The summed E-state index contributed by atoms with van der Waals surface area (Å²) in [6, 6.07) is 10.2. The highest BCUT2D eigenvalue weighted by atomic mass is 79.9. The average Bonchev–Trinajstić information content (AvgIpc) is 3.14. The summed E-state index contributed by atoms with van der Waals surface area (Å²) in [5, 5.41) is 0.443. The number of ether oxygens (including phenoxy) is 2. The van der Waals surface area contributed by atoms with Gasteiger partial charge in [-0.2, -0.15) is 0 Å². The Morgan fingerprint density at radius 2 is 1.83 bits per heavy atom. The predicted molar refractivity (Wildman–Crippen MR) is 140 cm³/mol. The number of hydrogen-bond acceptors (Lipinski definition) is 6. The quantitative estimate of drug-likeness (QED) is 0.349. The van der Waals surface area contributed by atoms with Gasteiger partial charge in [-0.25, -0.2) is 0 Å². The van der Waals surface area contributed by atoms with E-state index in [0.29, 0.717) is 41.2 Å². The lowest BCUT2D eigenvalue weighted by Gasteiger charge is -2.27. The van der Waals surface area contributed by atoms with Crippen molar-refractivity contribution in [1.29, 1.82) is 0 Å². The second-order valence-electron chi connectivity index (χ2n) is 8.44. The summed E-state index contributed by atoms with van der Waals surface area (Å²) in [6.45, 7) is 9.92. The molecule has 1 atom stereocenters. The lowest BCUT2D eigenvalue weighted by Crippen LogP contribution is -2.33. The largest absolute Gasteiger partial charge is 0.493 e. The normalized spacial score (nSPS) is 15.2. The van der Waals surface area contributed by atoms with E-state index in [1.165, 1.54) is 0 Å². The van der Waals surface area contributed by atoms with Gasteiger partial charge in [0.1, 0.15) is 5.58 Å². The van der Waals surface area contributed by atoms with E-state index in [1.807, 2.05) is 25.1 Å². The number of carbonyl (C=O) groups is 1. The Kier molecular flexibility index (Phi) is 7.82. The molecule has 0 N–H and O–H groups in total. The second kappa shape index (κ2) is 10.8. The number of carbonyl (C=O) groups excluding carboxylic acids is 1. The maximum atomic E-state index is 13.7. The molecule has 1 aliphatic heterocycles. The van der Waals surface area contributed by atoms with Gasteiger partial charge >= 0.3 is 0 Å². The fraction of sp³-hybridized carbons (Fsp3) is 0.407. The summed E-state index contributed by atoms with van der Waals surface area (Å²) in [7, 11) is 1.58. The Morgan fingerprint density at radius 3 is 2.51 bits per heavy atom. The second-order valence-corrected chi connectivity index (χ2v) is 9.35. The van der Waals surface area contributed by atoms with E-state index >= 15 is 0 Å². The molecule has 0 spiro atoms. The van der Waals surface area contributed by atoms with Crippen LogP contribution in [0.15, 0.2) is 50.1 Å². The van der Waals surface area contributed by atoms with Gasteiger partial charge < -0.3 is 23.7 Å². The third kappa shape index (κ3) is 4.82. The van der Waals surface area contributed by atoms with E-state index in [4.69, 9.17) is 13.9 Å². The van der Waals surface area contributed by atoms with Gasteiger partial charge in [-0.05, 0) is 68.9 Å². The van der Waals surface area contributed by atoms with E-state index in [9.17, 15) is 9.59 Å². The molecule has 35 heavy (non-hydrogen) atoms. The molecular weight excluding hydrogens is 512 g/mol. The number of amides is 1. The molecule has 0 unspecified atom stereocenters. The van der Waals surface area contributed by atoms with Crippen LogP contribution in [0, 0.1) is 0 Å². The van der Waals surface area contributed by atoms with Crippen molar-refractivity contribution in [3.8, 4) is 11.5 Å². The molecule has 1 aliphatic rings. The molecule has 7 nitrogen and oxygen atoms in total. The van der Waals surface area contributed by atoms with Crippen LogP contribution in [0.25, 0.3) is 11.0 Å². The summed E-state index contributed by atoms with van der Waals surface area (Å²) in [4.78, 5) is 31.4. The van der Waals surface area contributed by atoms with Gasteiger partial charge in [0.2, 0.25) is 5.76 Å². The third-order valence-corrected chi connectivity index (χ3v) is 6.99. The van der Waals surface area contributed by atoms with Gasteiger partial charge in [0.05, 0.1) is 30.7 Å². The highest BCUT2D eigenvalue weighted by Gasteiger charge is 2.42. The Hall–Kier alpha value is -2.84. The summed E-state index contributed by atoms with van der Waals surface area (Å²) in [5.41, 5.74) is 1.36. The molecule has 1 amide bonds. The molecular formula is C27H31BrN2O5. The van der Waals surface area contributed by atoms with Gasteiger partial charge in [-0.3, -0.25) is 9.59 Å². The molecule has 3 aromatic rings. The van der Waals surface area contributed by atoms with Crippen LogP contribution in [0.1, 0.15) is 54.9 Å². The molecule has 0 aliphatic carbocycles. The van der Waals surface area contributed by atoms with Gasteiger partial charge in [0.25, 0.3) is 5.91 Å². The van der Waals surface area contributed by atoms with E-state index in [1.54, 1.807) is 30.2 Å². The highest BCUT2D eigenvalue weighted by molar-refractivity contribution is 9.10. The minimum absolute atomic E-state index is 0.116. The molecule has 0 fully saturated rings. The van der Waals surface area contributed by atoms with E-state index < -0.39 is 6.04 Å². The Morgan fingerprint density at radius 1 is 1.06 bits per heavy atom. The summed E-state index contributed by atoms with van der Waals surface area (Å²) >= 11 is 3.44. The minimum atomic E-state index is -0.571. The average molecular weight is 543 g/mol. The molecule has 0 saturated heterocycles. The predicted octanol–water partition coefficient (Wildman–Crippen LogP) is 5.24. The Labute approximate surface area is 213 Å². The van der Waals surface area contributed by atoms with Crippen molar-refractivity contribution < 1.29 is 18.7 Å². The molecule has 0 bridgehead atoms. The molecule has 0 saturated carbocycles. The molecule has 4 rings (SSSR count). The van der Waals surface area contributed by atoms with Crippen molar-refractivity contribution in [3.05, 3.63) is 68.0 Å². The molecule has 0 radical (unpaired) electrons. The Balaban J connectivity index is 1.83. The maximum absolute atomic E-state index is 13.7. The zero-order valence-electron chi connectivity index (χ0n) is 20.6. The van der Waals surface area contributed by atoms with Crippen molar-refractivity contribution in [2.24, 2.45) is 0 Å². The van der Waals surface area contributed by atoms with Crippen LogP contribution in [0.4, 0.5) is 0 Å². The first-order valence-corrected chi connectivity index (χ1v) is 12.8. The van der Waals surface area contributed by atoms with Crippen LogP contribution in [-0.2, 0) is 0 Å². The third-order valence-electron chi connectivity index (χ3n) is 6.50. The van der Waals surface area contributed by atoms with Gasteiger partial charge in [0, 0.05) is 11.0 Å². The lowest BCUT2D eigenvalue weighted by molar-refractivity contribution is 0.0720. The summed E-state index contributed by atoms with van der Waals surface area (Å²) in [6.07, 6.45) is 0.783. The van der Waals surface area contributed by atoms with Crippen molar-refractivity contribution in [3.63, 3.8) is 0 Å². The van der Waals surface area contributed by atoms with Crippen molar-refractivity contribution in [2.75, 3.05) is 39.9 Å². The first kappa shape index (κ1) is 25.3. The SMILES string of the molecule is CCOc1ccc([C@@H]2c3c(oc4ccc(Br)cc4c3=O)C(=O)N2CCCN(CC)CC)cc1OC. The van der Waals surface area contributed by atoms with Gasteiger partial charge in [0.15, 0.2) is 16.9 Å². The number of fused-ring (bicyclic) bond motifs is 2. The first-order chi connectivity index (χ1) is 16.9. The number of halogens is 1. The number of benzene rings is 2. The standard InChI is InChI=1S/C27H31BrN2O5/c1-5-29(6-2)13-8-14-30-24(17-9-11-21(34-7-3)22(15-17)33-4)23-25(31)19-16-18(28)10-12-20(19)35-26(23)27(30)32/h9-12,15-16,24H,5-8,13-14H2,1-4H3/t24-/m1/s1. The lowest BCUT2D eigenvalue weighted by atomic mass is 9.98. The summed E-state index contributed by atoms with van der Waals surface area (Å²) < 4.78 is 18.1. The van der Waals surface area contributed by atoms with Crippen LogP contribution < -0.4 is 14.9 Å². The fourth-order valence-corrected chi connectivity index (χ4v) is 5.06. The molecule has 1 aromatic heterocycles. The monoisotopic (exact) mass is 542 g/mol. The van der Waals surface area contributed by atoms with E-state index in [0.717, 1.165) is 36.1 Å². The van der Waals surface area contributed by atoms with Crippen molar-refractivity contribution in [2.45, 2.75) is 33.2 Å². The number of hydrogen-bond donors (Lipinski definition) is 0. The minimum Gasteiger partial charge on any atom is -0.493 e. The van der Waals surface area contributed by atoms with Crippen LogP contribution in [-0.4, -0.2) is 55.6 Å². The fourth-order valence-electron chi connectivity index (χ4n) is 4.70. The van der Waals surface area contributed by atoms with E-state index in [2.05, 4.69) is 34.7 Å². The zero-order valence-corrected chi connectivity index (χ0v) is 22.2. The number of rotatable bonds is 10. The van der Waals surface area contributed by atoms with Crippen molar-refractivity contribution >= 4 is 32.8 Å². The Bertz CT molecular complexity index is 1280. The highest BCUT2D eigenvalue weighted by Crippen LogP contribution is 2.41. The van der Waals surface area contributed by atoms with Gasteiger partial charge in [-0.1, -0.05) is 35.8 Å². The molecule has 2 aromatic carbocycles. The van der Waals surface area contributed by atoms with Crippen LogP contribution in [0.3, 0.4) is 0 Å². The van der Waals surface area contributed by atoms with Crippen LogP contribution in [0.2, 0.25) is 0 Å². The number of nitrogens with zero attached hydrogens (tertiary/aromatic N) is 2. The molecule has 8 heteroatoms. The zero-order chi connectivity index (χ0) is 25.1. The first-order valence-electron chi connectivity index (χ1n) is 12.0. The smallest absolute Gasteiger partial charge is 0.290 e. The molecule has 2 heterocycles. The van der Waals surface area contributed by atoms with Gasteiger partial charge in [-0.15, -0.1) is 0 Å². The van der Waals surface area contributed by atoms with Crippen molar-refractivity contribution in [1.82, 2.24) is 9.80 Å².